The van der Waals surface area contributed by atoms with Crippen LogP contribution in [-0.4, -0.2) is 23.8 Å². The van der Waals surface area contributed by atoms with E-state index in [9.17, 15) is 4.79 Å². The Hall–Kier alpha value is -2.95. The molecular formula is C20H20N2O3. The van der Waals surface area contributed by atoms with Gasteiger partial charge in [-0.1, -0.05) is 18.2 Å². The van der Waals surface area contributed by atoms with E-state index in [1.165, 1.54) is 22.2 Å². The van der Waals surface area contributed by atoms with Crippen molar-refractivity contribution in [1.82, 2.24) is 9.88 Å². The van der Waals surface area contributed by atoms with Crippen LogP contribution in [0.2, 0.25) is 0 Å². The van der Waals surface area contributed by atoms with E-state index >= 15 is 0 Å². The third-order valence-corrected chi connectivity index (χ3v) is 4.83. The van der Waals surface area contributed by atoms with E-state index in [1.54, 1.807) is 18.2 Å². The summed E-state index contributed by atoms with van der Waals surface area (Å²) >= 11 is 0. The lowest BCUT2D eigenvalue weighted by Gasteiger charge is -2.07. The molecule has 1 amide bonds. The molecule has 1 aliphatic heterocycles. The number of carbonyl (C=O) groups excluding carboxylic acids is 1. The minimum absolute atomic E-state index is 0.101. The van der Waals surface area contributed by atoms with Gasteiger partial charge >= 0.3 is 0 Å². The highest BCUT2D eigenvalue weighted by atomic mass is 16.7. The SMILES string of the molecule is Cc1c(CCNC(=O)c2ccc3c(c2)OCO3)c2ccccc2n1C. The zero-order chi connectivity index (χ0) is 17.4. The molecule has 3 aromatic rings. The maximum absolute atomic E-state index is 12.4. The van der Waals surface area contributed by atoms with E-state index < -0.39 is 0 Å². The minimum Gasteiger partial charge on any atom is -0.454 e. The van der Waals surface area contributed by atoms with Crippen LogP contribution < -0.4 is 14.8 Å². The van der Waals surface area contributed by atoms with Crippen LogP contribution in [-0.2, 0) is 13.5 Å². The third-order valence-electron chi connectivity index (χ3n) is 4.83. The first kappa shape index (κ1) is 15.6. The van der Waals surface area contributed by atoms with E-state index in [0.717, 1.165) is 6.42 Å². The average molecular weight is 336 g/mol. The van der Waals surface area contributed by atoms with Gasteiger partial charge in [0.1, 0.15) is 0 Å². The number of nitrogens with one attached hydrogen (secondary N) is 1. The van der Waals surface area contributed by atoms with Gasteiger partial charge in [-0.25, -0.2) is 0 Å². The molecule has 0 bridgehead atoms. The van der Waals surface area contributed by atoms with E-state index in [-0.39, 0.29) is 12.7 Å². The number of aromatic nitrogens is 1. The molecule has 0 unspecified atom stereocenters. The molecule has 2 heterocycles. The summed E-state index contributed by atoms with van der Waals surface area (Å²) in [6, 6.07) is 13.6. The number of fused-ring (bicyclic) bond motifs is 2. The molecule has 0 spiro atoms. The van der Waals surface area contributed by atoms with Crippen LogP contribution in [0.4, 0.5) is 0 Å². The van der Waals surface area contributed by atoms with Crippen LogP contribution in [0.1, 0.15) is 21.6 Å². The topological polar surface area (TPSA) is 52.5 Å². The van der Waals surface area contributed by atoms with Crippen LogP contribution in [0.5, 0.6) is 11.5 Å². The first-order valence-electron chi connectivity index (χ1n) is 8.36. The smallest absolute Gasteiger partial charge is 0.251 e. The largest absolute Gasteiger partial charge is 0.454 e. The Kier molecular flexibility index (Phi) is 3.84. The second-order valence-corrected chi connectivity index (χ2v) is 6.21. The molecule has 5 nitrogen and oxygen atoms in total. The number of nitrogens with zero attached hydrogens (tertiary/aromatic N) is 1. The van der Waals surface area contributed by atoms with Crippen LogP contribution in [0, 0.1) is 6.92 Å². The summed E-state index contributed by atoms with van der Waals surface area (Å²) in [5.41, 5.74) is 4.32. The standard InChI is InChI=1S/C20H20N2O3/c1-13-15(16-5-3-4-6-17(16)22(13)2)9-10-21-20(23)14-7-8-18-19(11-14)25-12-24-18/h3-8,11H,9-10,12H2,1-2H3,(H,21,23). The van der Waals surface area contributed by atoms with E-state index in [0.29, 0.717) is 23.6 Å². The van der Waals surface area contributed by atoms with Gasteiger partial charge in [-0.2, -0.15) is 0 Å². The first-order chi connectivity index (χ1) is 12.1. The summed E-state index contributed by atoms with van der Waals surface area (Å²) in [5, 5.41) is 4.25. The molecule has 4 rings (SSSR count). The summed E-state index contributed by atoms with van der Waals surface area (Å²) < 4.78 is 12.8. The normalized spacial score (nSPS) is 12.6. The molecule has 0 radical (unpaired) electrons. The Labute approximate surface area is 146 Å². The number of ether oxygens (including phenoxy) is 2. The number of amides is 1. The van der Waals surface area contributed by atoms with Gasteiger partial charge in [0.2, 0.25) is 6.79 Å². The predicted octanol–water partition coefficient (Wildman–Crippen LogP) is 3.19. The molecule has 0 saturated heterocycles. The van der Waals surface area contributed by atoms with Crippen LogP contribution in [0.25, 0.3) is 10.9 Å². The molecule has 0 fully saturated rings. The predicted molar refractivity (Wildman–Crippen MR) is 96.3 cm³/mol. The number of benzene rings is 2. The van der Waals surface area contributed by atoms with Gasteiger partial charge in [0.25, 0.3) is 5.91 Å². The highest BCUT2D eigenvalue weighted by Crippen LogP contribution is 2.32. The molecule has 1 N–H and O–H groups in total. The lowest BCUT2D eigenvalue weighted by molar-refractivity contribution is 0.0953. The van der Waals surface area contributed by atoms with E-state index in [4.69, 9.17) is 9.47 Å². The van der Waals surface area contributed by atoms with Crippen molar-refractivity contribution >= 4 is 16.8 Å². The molecule has 1 aromatic heterocycles. The van der Waals surface area contributed by atoms with Gasteiger partial charge < -0.3 is 19.4 Å². The van der Waals surface area contributed by atoms with E-state index in [1.807, 2.05) is 6.07 Å². The van der Waals surface area contributed by atoms with Crippen molar-refractivity contribution in [2.24, 2.45) is 7.05 Å². The fraction of sp³-hybridized carbons (Fsp3) is 0.250. The summed E-state index contributed by atoms with van der Waals surface area (Å²) in [4.78, 5) is 12.4. The van der Waals surface area contributed by atoms with Crippen molar-refractivity contribution in [3.63, 3.8) is 0 Å². The Balaban J connectivity index is 1.46. The van der Waals surface area contributed by atoms with Gasteiger partial charge in [0.15, 0.2) is 11.5 Å². The summed E-state index contributed by atoms with van der Waals surface area (Å²) in [5.74, 6) is 1.21. The molecule has 2 aromatic carbocycles. The van der Waals surface area contributed by atoms with Crippen molar-refractivity contribution in [3.05, 3.63) is 59.3 Å². The molecule has 5 heteroatoms. The van der Waals surface area contributed by atoms with Crippen LogP contribution in [0.3, 0.4) is 0 Å². The van der Waals surface area contributed by atoms with E-state index in [2.05, 4.69) is 42.1 Å². The van der Waals surface area contributed by atoms with Crippen molar-refractivity contribution in [2.75, 3.05) is 13.3 Å². The number of rotatable bonds is 4. The molecule has 0 atom stereocenters. The molecule has 0 aliphatic carbocycles. The number of para-hydroxylation sites is 1. The maximum atomic E-state index is 12.4. The Morgan fingerprint density at radius 1 is 1.16 bits per heavy atom. The van der Waals surface area contributed by atoms with Gasteiger partial charge in [0, 0.05) is 35.8 Å². The molecule has 1 aliphatic rings. The lowest BCUT2D eigenvalue weighted by Crippen LogP contribution is -2.25. The molecular weight excluding hydrogens is 316 g/mol. The van der Waals surface area contributed by atoms with Gasteiger partial charge in [-0.3, -0.25) is 4.79 Å². The number of carbonyl (C=O) groups is 1. The highest BCUT2D eigenvalue weighted by Gasteiger charge is 2.16. The average Bonchev–Trinajstić information content (AvgIpc) is 3.20. The Morgan fingerprint density at radius 2 is 1.96 bits per heavy atom. The molecule has 25 heavy (non-hydrogen) atoms. The molecule has 128 valence electrons. The third kappa shape index (κ3) is 2.71. The summed E-state index contributed by atoms with van der Waals surface area (Å²) in [7, 11) is 2.08. The number of aryl methyl sites for hydroxylation is 1. The van der Waals surface area contributed by atoms with Crippen LogP contribution >= 0.6 is 0 Å². The number of hydrogen-bond acceptors (Lipinski definition) is 3. The Morgan fingerprint density at radius 3 is 2.84 bits per heavy atom. The summed E-state index contributed by atoms with van der Waals surface area (Å²) in [6.07, 6.45) is 0.795. The fourth-order valence-electron chi connectivity index (χ4n) is 3.36. The van der Waals surface area contributed by atoms with Crippen molar-refractivity contribution in [2.45, 2.75) is 13.3 Å². The second kappa shape index (κ2) is 6.16. The summed E-state index contributed by atoms with van der Waals surface area (Å²) in [6.45, 7) is 2.91. The van der Waals surface area contributed by atoms with Gasteiger partial charge in [-0.05, 0) is 43.2 Å². The quantitative estimate of drug-likeness (QED) is 0.796. The fourth-order valence-corrected chi connectivity index (χ4v) is 3.36. The zero-order valence-electron chi connectivity index (χ0n) is 14.3. The number of hydrogen-bond donors (Lipinski definition) is 1. The van der Waals surface area contributed by atoms with Crippen LogP contribution in [0.15, 0.2) is 42.5 Å². The zero-order valence-corrected chi connectivity index (χ0v) is 14.3. The maximum Gasteiger partial charge on any atom is 0.251 e. The van der Waals surface area contributed by atoms with Crippen molar-refractivity contribution in [3.8, 4) is 11.5 Å². The lowest BCUT2D eigenvalue weighted by atomic mass is 10.1. The van der Waals surface area contributed by atoms with Gasteiger partial charge in [-0.15, -0.1) is 0 Å². The van der Waals surface area contributed by atoms with Gasteiger partial charge in [0.05, 0.1) is 0 Å². The first-order valence-corrected chi connectivity index (χ1v) is 8.36. The highest BCUT2D eigenvalue weighted by molar-refractivity contribution is 5.95. The second-order valence-electron chi connectivity index (χ2n) is 6.21. The van der Waals surface area contributed by atoms with Crippen molar-refractivity contribution in [1.29, 1.82) is 0 Å². The van der Waals surface area contributed by atoms with Crippen molar-refractivity contribution < 1.29 is 14.3 Å². The Bertz CT molecular complexity index is 959. The monoisotopic (exact) mass is 336 g/mol. The molecule has 0 saturated carbocycles. The minimum atomic E-state index is -0.101.